The summed E-state index contributed by atoms with van der Waals surface area (Å²) in [6, 6.07) is 0.811. The van der Waals surface area contributed by atoms with Crippen molar-refractivity contribution >= 4 is 0 Å². The van der Waals surface area contributed by atoms with Crippen LogP contribution in [0.3, 0.4) is 0 Å². The Bertz CT molecular complexity index is 239. The van der Waals surface area contributed by atoms with Crippen molar-refractivity contribution in [2.24, 2.45) is 17.8 Å². The number of hydrogen-bond acceptors (Lipinski definition) is 2. The first-order valence-electron chi connectivity index (χ1n) is 7.21. The maximum Gasteiger partial charge on any atom is 0.0558 e. The van der Waals surface area contributed by atoms with E-state index in [4.69, 9.17) is 5.11 Å². The third-order valence-corrected chi connectivity index (χ3v) is 5.33. The molecule has 1 N–H and O–H groups in total. The molecule has 3 unspecified atom stereocenters. The topological polar surface area (TPSA) is 23.5 Å². The van der Waals surface area contributed by atoms with Crippen molar-refractivity contribution in [1.82, 2.24) is 4.90 Å². The summed E-state index contributed by atoms with van der Waals surface area (Å²) in [6.45, 7) is 2.54. The Kier molecular flexibility index (Phi) is 3.21. The number of nitrogens with zero attached hydrogens (tertiary/aromatic N) is 1. The Morgan fingerprint density at radius 1 is 1.06 bits per heavy atom. The van der Waals surface area contributed by atoms with Gasteiger partial charge in [0.1, 0.15) is 0 Å². The molecule has 0 radical (unpaired) electrons. The standard InChI is InChI=1S/C14H25NO/c16-7-6-15(14-2-1-3-14)10-13-9-11-4-5-12(13)8-11/h11-14,16H,1-10H2. The molecule has 3 fully saturated rings. The fraction of sp³-hybridized carbons (Fsp3) is 1.00. The predicted molar refractivity (Wildman–Crippen MR) is 65.2 cm³/mol. The van der Waals surface area contributed by atoms with Crippen molar-refractivity contribution in [3.8, 4) is 0 Å². The van der Waals surface area contributed by atoms with E-state index in [0.29, 0.717) is 6.61 Å². The first-order valence-corrected chi connectivity index (χ1v) is 7.21. The van der Waals surface area contributed by atoms with E-state index in [1.165, 1.54) is 51.5 Å². The molecule has 3 rings (SSSR count). The molecule has 3 aliphatic rings. The van der Waals surface area contributed by atoms with Crippen LogP contribution in [-0.4, -0.2) is 35.7 Å². The molecule has 16 heavy (non-hydrogen) atoms. The molecule has 3 aliphatic carbocycles. The highest BCUT2D eigenvalue weighted by Crippen LogP contribution is 2.48. The highest BCUT2D eigenvalue weighted by Gasteiger charge is 2.40. The molecule has 0 aromatic rings. The zero-order valence-corrected chi connectivity index (χ0v) is 10.3. The zero-order valence-electron chi connectivity index (χ0n) is 10.3. The SMILES string of the molecule is OCCN(CC1CC2CCC1C2)C1CCC1. The van der Waals surface area contributed by atoms with Gasteiger partial charge in [0.05, 0.1) is 6.61 Å². The second-order valence-corrected chi connectivity index (χ2v) is 6.24. The molecule has 0 amide bonds. The van der Waals surface area contributed by atoms with Crippen molar-refractivity contribution in [2.75, 3.05) is 19.7 Å². The van der Waals surface area contributed by atoms with Gasteiger partial charge in [-0.2, -0.15) is 0 Å². The van der Waals surface area contributed by atoms with E-state index in [1.54, 1.807) is 0 Å². The van der Waals surface area contributed by atoms with Crippen LogP contribution in [0.25, 0.3) is 0 Å². The largest absolute Gasteiger partial charge is 0.395 e. The van der Waals surface area contributed by atoms with Gasteiger partial charge in [-0.15, -0.1) is 0 Å². The first kappa shape index (κ1) is 11.0. The summed E-state index contributed by atoms with van der Waals surface area (Å²) in [5.41, 5.74) is 0. The Labute approximate surface area is 99.0 Å². The summed E-state index contributed by atoms with van der Waals surface area (Å²) in [5.74, 6) is 3.06. The number of aliphatic hydroxyl groups excluding tert-OH is 1. The van der Waals surface area contributed by atoms with Gasteiger partial charge < -0.3 is 5.11 Å². The fourth-order valence-corrected chi connectivity index (χ4v) is 4.20. The lowest BCUT2D eigenvalue weighted by Crippen LogP contribution is -2.45. The van der Waals surface area contributed by atoms with Gasteiger partial charge in [0, 0.05) is 19.1 Å². The molecule has 2 nitrogen and oxygen atoms in total. The van der Waals surface area contributed by atoms with Crippen molar-refractivity contribution in [3.05, 3.63) is 0 Å². The van der Waals surface area contributed by atoms with E-state index in [-0.39, 0.29) is 0 Å². The number of rotatable bonds is 5. The quantitative estimate of drug-likeness (QED) is 0.773. The first-order chi connectivity index (χ1) is 7.86. The Morgan fingerprint density at radius 3 is 2.44 bits per heavy atom. The van der Waals surface area contributed by atoms with Gasteiger partial charge in [0.25, 0.3) is 0 Å². The van der Waals surface area contributed by atoms with Gasteiger partial charge >= 0.3 is 0 Å². The van der Waals surface area contributed by atoms with Crippen LogP contribution in [0.4, 0.5) is 0 Å². The molecule has 92 valence electrons. The second-order valence-electron chi connectivity index (χ2n) is 6.24. The summed E-state index contributed by atoms with van der Waals surface area (Å²) in [7, 11) is 0. The third-order valence-electron chi connectivity index (χ3n) is 5.33. The van der Waals surface area contributed by atoms with E-state index in [0.717, 1.165) is 30.3 Å². The van der Waals surface area contributed by atoms with Crippen LogP contribution in [0.5, 0.6) is 0 Å². The van der Waals surface area contributed by atoms with Gasteiger partial charge in [-0.05, 0) is 49.9 Å². The predicted octanol–water partition coefficient (Wildman–Crippen LogP) is 2.27. The van der Waals surface area contributed by atoms with Crippen molar-refractivity contribution in [3.63, 3.8) is 0 Å². The second kappa shape index (κ2) is 4.66. The third kappa shape index (κ3) is 2.02. The lowest BCUT2D eigenvalue weighted by Gasteiger charge is -2.40. The van der Waals surface area contributed by atoms with Gasteiger partial charge in [0.15, 0.2) is 0 Å². The van der Waals surface area contributed by atoms with E-state index in [2.05, 4.69) is 4.90 Å². The molecule has 2 bridgehead atoms. The Morgan fingerprint density at radius 2 is 1.94 bits per heavy atom. The average Bonchev–Trinajstić information content (AvgIpc) is 2.76. The Hall–Kier alpha value is -0.0800. The number of hydrogen-bond donors (Lipinski definition) is 1. The van der Waals surface area contributed by atoms with Crippen molar-refractivity contribution in [2.45, 2.75) is 51.0 Å². The van der Waals surface area contributed by atoms with Gasteiger partial charge in [-0.25, -0.2) is 0 Å². The minimum atomic E-state index is 0.345. The smallest absolute Gasteiger partial charge is 0.0558 e. The van der Waals surface area contributed by atoms with Crippen LogP contribution >= 0.6 is 0 Å². The maximum atomic E-state index is 9.17. The molecule has 0 saturated heterocycles. The summed E-state index contributed by atoms with van der Waals surface area (Å²) >= 11 is 0. The van der Waals surface area contributed by atoms with Crippen molar-refractivity contribution in [1.29, 1.82) is 0 Å². The summed E-state index contributed by atoms with van der Waals surface area (Å²) in [6.07, 6.45) is 10.2. The Balaban J connectivity index is 1.54. The van der Waals surface area contributed by atoms with Crippen LogP contribution in [0.15, 0.2) is 0 Å². The molecular weight excluding hydrogens is 198 g/mol. The van der Waals surface area contributed by atoms with E-state index < -0.39 is 0 Å². The zero-order chi connectivity index (χ0) is 11.0. The normalized spacial score (nSPS) is 38.2. The van der Waals surface area contributed by atoms with Crippen LogP contribution in [0.2, 0.25) is 0 Å². The molecule has 0 aromatic heterocycles. The van der Waals surface area contributed by atoms with Gasteiger partial charge in [-0.1, -0.05) is 12.8 Å². The highest BCUT2D eigenvalue weighted by molar-refractivity contribution is 4.92. The molecule has 3 saturated carbocycles. The van der Waals surface area contributed by atoms with E-state index in [1.807, 2.05) is 0 Å². The van der Waals surface area contributed by atoms with Gasteiger partial charge in [-0.3, -0.25) is 4.90 Å². The molecule has 0 aliphatic heterocycles. The van der Waals surface area contributed by atoms with Crippen LogP contribution in [0.1, 0.15) is 44.9 Å². The van der Waals surface area contributed by atoms with Crippen LogP contribution in [-0.2, 0) is 0 Å². The molecule has 2 heteroatoms. The van der Waals surface area contributed by atoms with E-state index >= 15 is 0 Å². The summed E-state index contributed by atoms with van der Waals surface area (Å²) < 4.78 is 0. The summed E-state index contributed by atoms with van der Waals surface area (Å²) in [4.78, 5) is 2.59. The van der Waals surface area contributed by atoms with Crippen LogP contribution in [0, 0.1) is 17.8 Å². The number of fused-ring (bicyclic) bond motifs is 2. The molecular formula is C14H25NO. The highest BCUT2D eigenvalue weighted by atomic mass is 16.3. The fourth-order valence-electron chi connectivity index (χ4n) is 4.20. The van der Waals surface area contributed by atoms with Gasteiger partial charge in [0.2, 0.25) is 0 Å². The minimum Gasteiger partial charge on any atom is -0.395 e. The monoisotopic (exact) mass is 223 g/mol. The lowest BCUT2D eigenvalue weighted by atomic mass is 9.86. The average molecular weight is 223 g/mol. The van der Waals surface area contributed by atoms with Crippen LogP contribution < -0.4 is 0 Å². The molecule has 0 heterocycles. The number of aliphatic hydroxyl groups is 1. The van der Waals surface area contributed by atoms with E-state index in [9.17, 15) is 0 Å². The molecule has 0 aromatic carbocycles. The molecule has 0 spiro atoms. The minimum absolute atomic E-state index is 0.345. The lowest BCUT2D eigenvalue weighted by molar-refractivity contribution is 0.0738. The molecule has 3 atom stereocenters. The summed E-state index contributed by atoms with van der Waals surface area (Å²) in [5, 5.41) is 9.17. The maximum absolute atomic E-state index is 9.17. The van der Waals surface area contributed by atoms with Crippen molar-refractivity contribution < 1.29 is 5.11 Å².